The van der Waals surface area contributed by atoms with E-state index in [0.717, 1.165) is 16.7 Å². The summed E-state index contributed by atoms with van der Waals surface area (Å²) in [6, 6.07) is 15.1. The predicted octanol–water partition coefficient (Wildman–Crippen LogP) is 4.47. The lowest BCUT2D eigenvalue weighted by atomic mass is 10.0. The minimum absolute atomic E-state index is 0.241. The van der Waals surface area contributed by atoms with Gasteiger partial charge in [0.1, 0.15) is 0 Å². The molecule has 2 aromatic rings. The number of hydrogen-bond acceptors (Lipinski definition) is 2. The topological polar surface area (TPSA) is 34.1 Å². The van der Waals surface area contributed by atoms with E-state index in [1.54, 1.807) is 0 Å². The second kappa shape index (κ2) is 5.90. The summed E-state index contributed by atoms with van der Waals surface area (Å²) < 4.78 is 12.2. The molecule has 19 heavy (non-hydrogen) atoms. The average Bonchev–Trinajstić information content (AvgIpc) is 2.39. The third-order valence-electron chi connectivity index (χ3n) is 3.09. The van der Waals surface area contributed by atoms with E-state index >= 15 is 0 Å². The molecule has 2 rings (SSSR count). The highest BCUT2D eigenvalue weighted by atomic mass is 31.1. The van der Waals surface area contributed by atoms with Crippen molar-refractivity contribution in [2.45, 2.75) is 20.0 Å². The molecule has 3 heteroatoms. The summed E-state index contributed by atoms with van der Waals surface area (Å²) in [4.78, 5) is 12.3. The molecule has 0 aliphatic carbocycles. The van der Waals surface area contributed by atoms with Crippen molar-refractivity contribution in [3.63, 3.8) is 0 Å². The Kier molecular flexibility index (Phi) is 4.24. The maximum atomic E-state index is 12.3. The lowest BCUT2D eigenvalue weighted by Crippen LogP contribution is -2.01. The zero-order valence-corrected chi connectivity index (χ0v) is 12.0. The molecule has 2 aromatic carbocycles. The molecule has 0 amide bonds. The maximum absolute atomic E-state index is 12.3. The maximum Gasteiger partial charge on any atom is 0.424 e. The molecule has 0 aliphatic heterocycles. The van der Waals surface area contributed by atoms with Crippen molar-refractivity contribution in [1.82, 2.24) is 0 Å². The van der Waals surface area contributed by atoms with Crippen LogP contribution in [-0.4, -0.2) is 5.52 Å². The van der Waals surface area contributed by atoms with Gasteiger partial charge in [-0.1, -0.05) is 53.1 Å². The van der Waals surface area contributed by atoms with Crippen LogP contribution in [0.15, 0.2) is 48.5 Å². The Hall–Kier alpha value is -1.79. The minimum atomic E-state index is -1.92. The van der Waals surface area contributed by atoms with Gasteiger partial charge in [0.25, 0.3) is 0 Å². The van der Waals surface area contributed by atoms with Gasteiger partial charge in [-0.25, -0.2) is 4.79 Å². The monoisotopic (exact) mass is 271 g/mol. The zero-order valence-electron chi connectivity index (χ0n) is 11.1. The van der Waals surface area contributed by atoms with Crippen LogP contribution in [0.2, 0.25) is 0 Å². The first-order valence-corrected chi connectivity index (χ1v) is 7.63. The number of aryl methyl sites for hydroxylation is 2. The van der Waals surface area contributed by atoms with Crippen LogP contribution in [0.4, 0.5) is 0 Å². The van der Waals surface area contributed by atoms with E-state index in [2.05, 4.69) is 0 Å². The number of rotatable bonds is 4. The van der Waals surface area contributed by atoms with E-state index in [0.29, 0.717) is 11.7 Å². The molecule has 0 N–H and O–H groups in total. The van der Waals surface area contributed by atoms with Crippen LogP contribution in [0.5, 0.6) is 0 Å². The van der Waals surface area contributed by atoms with E-state index in [4.69, 9.17) is 0 Å². The number of benzene rings is 2. The average molecular weight is 271 g/mol. The number of carbonyl (C=O) groups excluding carboxylic acids is 1. The van der Waals surface area contributed by atoms with Crippen LogP contribution in [-0.2, 0) is 10.7 Å². The molecule has 0 saturated heterocycles. The molecule has 96 valence electrons. The fourth-order valence-corrected chi connectivity index (χ4v) is 3.39. The highest BCUT2D eigenvalue weighted by Crippen LogP contribution is 2.33. The molecule has 1 atom stereocenters. The Morgan fingerprint density at radius 1 is 0.947 bits per heavy atom. The van der Waals surface area contributed by atoms with Gasteiger partial charge < -0.3 is 0 Å². The molecule has 0 spiro atoms. The first-order valence-electron chi connectivity index (χ1n) is 6.18. The van der Waals surface area contributed by atoms with Gasteiger partial charge in [0.15, 0.2) is 6.16 Å². The molecule has 0 saturated carbocycles. The quantitative estimate of drug-likeness (QED) is 0.769. The Bertz CT molecular complexity index is 598. The largest absolute Gasteiger partial charge is 0.424 e. The van der Waals surface area contributed by atoms with Crippen molar-refractivity contribution in [1.29, 1.82) is 0 Å². The Morgan fingerprint density at radius 3 is 2.11 bits per heavy atom. The minimum Gasteiger partial charge on any atom is -0.234 e. The first kappa shape index (κ1) is 13.6. The van der Waals surface area contributed by atoms with Crippen molar-refractivity contribution >= 4 is 13.3 Å². The summed E-state index contributed by atoms with van der Waals surface area (Å²) in [7, 11) is -1.92. The third kappa shape index (κ3) is 3.15. The number of hydrogen-bond donors (Lipinski definition) is 0. The van der Waals surface area contributed by atoms with Crippen LogP contribution in [0.3, 0.4) is 0 Å². The van der Waals surface area contributed by atoms with Crippen molar-refractivity contribution in [3.05, 3.63) is 70.8 Å². The second-order valence-corrected chi connectivity index (χ2v) is 6.07. The van der Waals surface area contributed by atoms with Gasteiger partial charge in [-0.2, -0.15) is 0 Å². The van der Waals surface area contributed by atoms with Gasteiger partial charge in [0, 0.05) is 5.56 Å². The van der Waals surface area contributed by atoms with Gasteiger partial charge >= 0.3 is 13.3 Å². The van der Waals surface area contributed by atoms with E-state index in [9.17, 15) is 9.36 Å². The van der Waals surface area contributed by atoms with Crippen molar-refractivity contribution in [2.75, 3.05) is 0 Å². The highest BCUT2D eigenvalue weighted by molar-refractivity contribution is 7.63. The first-order chi connectivity index (χ1) is 9.09. The number of carbonyl (C=O) groups is 1. The van der Waals surface area contributed by atoms with Crippen LogP contribution in [0, 0.1) is 13.8 Å². The summed E-state index contributed by atoms with van der Waals surface area (Å²) >= 11 is 0. The fraction of sp³-hybridized carbons (Fsp3) is 0.188. The molecule has 1 unspecified atom stereocenters. The molecule has 0 fully saturated rings. The fourth-order valence-electron chi connectivity index (χ4n) is 2.10. The Morgan fingerprint density at radius 2 is 1.53 bits per heavy atom. The van der Waals surface area contributed by atoms with Crippen LogP contribution in [0.1, 0.15) is 27.0 Å². The standard InChI is InChI=1S/C16H16O2P/c1-12-7-6-8-13(2)15(12)16(17)19(18)11-14-9-4-3-5-10-14/h3-10H,11H2,1-2H3/q+1. The van der Waals surface area contributed by atoms with E-state index in [-0.39, 0.29) is 5.52 Å². The molecule has 2 nitrogen and oxygen atoms in total. The smallest absolute Gasteiger partial charge is 0.234 e. The highest BCUT2D eigenvalue weighted by Gasteiger charge is 2.32. The van der Waals surface area contributed by atoms with Crippen LogP contribution in [0.25, 0.3) is 0 Å². The van der Waals surface area contributed by atoms with E-state index in [1.165, 1.54) is 0 Å². The third-order valence-corrected chi connectivity index (χ3v) is 4.42. The Labute approximate surface area is 114 Å². The van der Waals surface area contributed by atoms with Gasteiger partial charge in [-0.05, 0) is 25.0 Å². The lowest BCUT2D eigenvalue weighted by Gasteiger charge is -2.02. The molecular weight excluding hydrogens is 255 g/mol. The van der Waals surface area contributed by atoms with Gasteiger partial charge in [-0.15, -0.1) is 0 Å². The molecule has 0 bridgehead atoms. The van der Waals surface area contributed by atoms with E-state index in [1.807, 2.05) is 62.4 Å². The zero-order chi connectivity index (χ0) is 13.8. The van der Waals surface area contributed by atoms with Crippen molar-refractivity contribution in [2.24, 2.45) is 0 Å². The van der Waals surface area contributed by atoms with Crippen molar-refractivity contribution in [3.8, 4) is 0 Å². The summed E-state index contributed by atoms with van der Waals surface area (Å²) in [6.07, 6.45) is 0.308. The van der Waals surface area contributed by atoms with Gasteiger partial charge in [0.05, 0.1) is 5.56 Å². The molecule has 0 radical (unpaired) electrons. The molecular formula is C16H16O2P+. The lowest BCUT2D eigenvalue weighted by molar-refractivity contribution is 0.107. The Balaban J connectivity index is 2.23. The van der Waals surface area contributed by atoms with Crippen LogP contribution < -0.4 is 0 Å². The summed E-state index contributed by atoms with van der Waals surface area (Å²) in [5.74, 6) is 0. The SMILES string of the molecule is Cc1cccc(C)c1C(=O)[P+](=O)Cc1ccccc1. The predicted molar refractivity (Wildman–Crippen MR) is 78.0 cm³/mol. The second-order valence-electron chi connectivity index (χ2n) is 4.59. The van der Waals surface area contributed by atoms with Crippen LogP contribution >= 0.6 is 7.80 Å². The molecule has 0 aliphatic rings. The normalized spacial score (nSPS) is 11.2. The molecule has 0 aromatic heterocycles. The molecule has 0 heterocycles. The van der Waals surface area contributed by atoms with E-state index < -0.39 is 7.80 Å². The summed E-state index contributed by atoms with van der Waals surface area (Å²) in [5, 5.41) is 0. The van der Waals surface area contributed by atoms with Gasteiger partial charge in [-0.3, -0.25) is 0 Å². The summed E-state index contributed by atoms with van der Waals surface area (Å²) in [6.45, 7) is 3.76. The van der Waals surface area contributed by atoms with Gasteiger partial charge in [0.2, 0.25) is 0 Å². The summed E-state index contributed by atoms with van der Waals surface area (Å²) in [5.41, 5.74) is 3.08. The van der Waals surface area contributed by atoms with Crippen molar-refractivity contribution < 1.29 is 9.36 Å².